The van der Waals surface area contributed by atoms with Crippen molar-refractivity contribution in [1.29, 1.82) is 0 Å². The molecule has 0 saturated carbocycles. The molecule has 1 heterocycles. The molecule has 1 aromatic heterocycles. The molecule has 0 radical (unpaired) electrons. The first kappa shape index (κ1) is 17.3. The van der Waals surface area contributed by atoms with Gasteiger partial charge in [0.2, 0.25) is 5.91 Å². The van der Waals surface area contributed by atoms with Crippen LogP contribution in [0, 0.1) is 0 Å². The van der Waals surface area contributed by atoms with Gasteiger partial charge in [0.05, 0.1) is 17.4 Å². The van der Waals surface area contributed by atoms with E-state index in [0.717, 1.165) is 21.2 Å². The lowest BCUT2D eigenvalue weighted by atomic mass is 10.0. The van der Waals surface area contributed by atoms with E-state index < -0.39 is 0 Å². The highest BCUT2D eigenvalue weighted by atomic mass is 35.5. The van der Waals surface area contributed by atoms with Gasteiger partial charge < -0.3 is 10.6 Å². The molecule has 0 aliphatic carbocycles. The van der Waals surface area contributed by atoms with Crippen molar-refractivity contribution in [2.45, 2.75) is 25.9 Å². The Labute approximate surface area is 144 Å². The maximum Gasteiger partial charge on any atom is 0.234 e. The van der Waals surface area contributed by atoms with E-state index in [9.17, 15) is 4.79 Å². The van der Waals surface area contributed by atoms with Gasteiger partial charge in [-0.1, -0.05) is 42.3 Å². The fourth-order valence-corrected chi connectivity index (χ4v) is 3.26. The molecule has 1 amide bonds. The average molecular weight is 357 g/mol. The molecule has 1 unspecified atom stereocenters. The van der Waals surface area contributed by atoms with Crippen molar-refractivity contribution < 1.29 is 4.79 Å². The molecule has 0 spiro atoms. The summed E-state index contributed by atoms with van der Waals surface area (Å²) in [5.41, 5.74) is 1.13. The lowest BCUT2D eigenvalue weighted by Crippen LogP contribution is -2.35. The van der Waals surface area contributed by atoms with E-state index in [2.05, 4.69) is 17.6 Å². The third kappa shape index (κ3) is 5.29. The van der Waals surface area contributed by atoms with Crippen LogP contribution in [-0.4, -0.2) is 12.5 Å². The molecule has 6 heteroatoms. The molecule has 2 aromatic rings. The Bertz CT molecular complexity index is 613. The number of nitrogens with one attached hydrogen (secondary N) is 2. The number of halogens is 2. The third-order valence-electron chi connectivity index (χ3n) is 3.28. The lowest BCUT2D eigenvalue weighted by Gasteiger charge is -2.17. The van der Waals surface area contributed by atoms with Crippen LogP contribution in [0.5, 0.6) is 0 Å². The van der Waals surface area contributed by atoms with E-state index >= 15 is 0 Å². The molecule has 22 heavy (non-hydrogen) atoms. The zero-order valence-corrected chi connectivity index (χ0v) is 14.6. The van der Waals surface area contributed by atoms with Crippen molar-refractivity contribution in [3.8, 4) is 0 Å². The van der Waals surface area contributed by atoms with Gasteiger partial charge in [-0.15, -0.1) is 11.3 Å². The Morgan fingerprint density at radius 1 is 1.18 bits per heavy atom. The second-order valence-corrected chi connectivity index (χ2v) is 7.11. The summed E-state index contributed by atoms with van der Waals surface area (Å²) in [4.78, 5) is 13.0. The Hall–Kier alpha value is -1.07. The van der Waals surface area contributed by atoms with Crippen molar-refractivity contribution in [1.82, 2.24) is 10.6 Å². The summed E-state index contributed by atoms with van der Waals surface area (Å²) in [5.74, 6) is -0.0306. The second-order valence-electron chi connectivity index (χ2n) is 4.88. The summed E-state index contributed by atoms with van der Waals surface area (Å²) in [6.07, 6.45) is 0.898. The first-order valence-electron chi connectivity index (χ1n) is 7.08. The van der Waals surface area contributed by atoms with Gasteiger partial charge in [0.1, 0.15) is 0 Å². The standard InChI is InChI=1S/C16H18Cl2N2OS/c1-2-14(11-3-5-12(17)6-4-11)19-10-16(21)20-9-13-7-8-15(18)22-13/h3-8,14,19H,2,9-10H2,1H3,(H,20,21). The van der Waals surface area contributed by atoms with E-state index in [-0.39, 0.29) is 18.5 Å². The van der Waals surface area contributed by atoms with E-state index in [1.54, 1.807) is 0 Å². The summed E-state index contributed by atoms with van der Waals surface area (Å²) in [6.45, 7) is 2.87. The largest absolute Gasteiger partial charge is 0.350 e. The molecular formula is C16H18Cl2N2OS. The van der Waals surface area contributed by atoms with Crippen LogP contribution >= 0.6 is 34.5 Å². The number of benzene rings is 1. The lowest BCUT2D eigenvalue weighted by molar-refractivity contribution is -0.120. The summed E-state index contributed by atoms with van der Waals surface area (Å²) >= 11 is 13.2. The number of hydrogen-bond acceptors (Lipinski definition) is 3. The minimum absolute atomic E-state index is 0.0306. The van der Waals surface area contributed by atoms with Crippen LogP contribution < -0.4 is 10.6 Å². The van der Waals surface area contributed by atoms with Crippen molar-refractivity contribution in [3.05, 3.63) is 56.2 Å². The molecule has 0 fully saturated rings. The topological polar surface area (TPSA) is 41.1 Å². The van der Waals surface area contributed by atoms with Crippen molar-refractivity contribution in [3.63, 3.8) is 0 Å². The Kier molecular flexibility index (Phi) is 6.70. The number of carbonyl (C=O) groups excluding carboxylic acids is 1. The summed E-state index contributed by atoms with van der Waals surface area (Å²) in [6, 6.07) is 11.6. The number of hydrogen-bond donors (Lipinski definition) is 2. The quantitative estimate of drug-likeness (QED) is 0.771. The summed E-state index contributed by atoms with van der Waals surface area (Å²) < 4.78 is 0.733. The van der Waals surface area contributed by atoms with E-state index in [1.165, 1.54) is 11.3 Å². The average Bonchev–Trinajstić information content (AvgIpc) is 2.93. The highest BCUT2D eigenvalue weighted by Gasteiger charge is 2.11. The monoisotopic (exact) mass is 356 g/mol. The predicted octanol–water partition coefficient (Wildman–Crippen LogP) is 4.41. The van der Waals surface area contributed by atoms with E-state index in [0.29, 0.717) is 11.6 Å². The normalized spacial score (nSPS) is 12.1. The van der Waals surface area contributed by atoms with E-state index in [4.69, 9.17) is 23.2 Å². The van der Waals surface area contributed by atoms with Crippen LogP contribution in [0.1, 0.15) is 29.8 Å². The molecule has 1 atom stereocenters. The Morgan fingerprint density at radius 3 is 2.50 bits per heavy atom. The fourth-order valence-electron chi connectivity index (χ4n) is 2.10. The van der Waals surface area contributed by atoms with Crippen LogP contribution in [0.2, 0.25) is 9.36 Å². The molecule has 3 nitrogen and oxygen atoms in total. The molecule has 0 bridgehead atoms. The highest BCUT2D eigenvalue weighted by Crippen LogP contribution is 2.21. The van der Waals surface area contributed by atoms with Crippen LogP contribution in [0.15, 0.2) is 36.4 Å². The van der Waals surface area contributed by atoms with Gasteiger partial charge in [-0.2, -0.15) is 0 Å². The number of carbonyl (C=O) groups is 1. The first-order valence-corrected chi connectivity index (χ1v) is 8.65. The molecule has 118 valence electrons. The zero-order chi connectivity index (χ0) is 15.9. The minimum Gasteiger partial charge on any atom is -0.350 e. The molecule has 0 aliphatic heterocycles. The Morgan fingerprint density at radius 2 is 1.91 bits per heavy atom. The smallest absolute Gasteiger partial charge is 0.234 e. The van der Waals surface area contributed by atoms with Gasteiger partial charge >= 0.3 is 0 Å². The molecule has 2 N–H and O–H groups in total. The number of rotatable bonds is 7. The van der Waals surface area contributed by atoms with Crippen LogP contribution in [-0.2, 0) is 11.3 Å². The highest BCUT2D eigenvalue weighted by molar-refractivity contribution is 7.16. The predicted molar refractivity (Wildman–Crippen MR) is 93.7 cm³/mol. The molecule has 1 aromatic carbocycles. The van der Waals surface area contributed by atoms with Crippen LogP contribution in [0.25, 0.3) is 0 Å². The van der Waals surface area contributed by atoms with Gasteiger partial charge in [0.25, 0.3) is 0 Å². The number of amides is 1. The van der Waals surface area contributed by atoms with Crippen molar-refractivity contribution in [2.75, 3.05) is 6.54 Å². The fraction of sp³-hybridized carbons (Fsp3) is 0.312. The van der Waals surface area contributed by atoms with Gasteiger partial charge in [-0.25, -0.2) is 0 Å². The minimum atomic E-state index is -0.0306. The van der Waals surface area contributed by atoms with E-state index in [1.807, 2.05) is 36.4 Å². The molecular weight excluding hydrogens is 339 g/mol. The van der Waals surface area contributed by atoms with Gasteiger partial charge in [0.15, 0.2) is 0 Å². The maximum atomic E-state index is 11.9. The Balaban J connectivity index is 1.79. The van der Waals surface area contributed by atoms with Gasteiger partial charge in [0, 0.05) is 15.9 Å². The third-order valence-corrected chi connectivity index (χ3v) is 4.76. The number of thiophene rings is 1. The first-order chi connectivity index (χ1) is 10.6. The van der Waals surface area contributed by atoms with Crippen LogP contribution in [0.3, 0.4) is 0 Å². The SMILES string of the molecule is CCC(NCC(=O)NCc1ccc(Cl)s1)c1ccc(Cl)cc1. The zero-order valence-electron chi connectivity index (χ0n) is 12.2. The van der Waals surface area contributed by atoms with Gasteiger partial charge in [-0.05, 0) is 36.2 Å². The van der Waals surface area contributed by atoms with Crippen molar-refractivity contribution in [2.24, 2.45) is 0 Å². The van der Waals surface area contributed by atoms with Crippen molar-refractivity contribution >= 4 is 40.4 Å². The summed E-state index contributed by atoms with van der Waals surface area (Å²) in [7, 11) is 0. The molecule has 0 saturated heterocycles. The van der Waals surface area contributed by atoms with Crippen LogP contribution in [0.4, 0.5) is 0 Å². The molecule has 0 aliphatic rings. The maximum absolute atomic E-state index is 11.9. The summed E-state index contributed by atoms with van der Waals surface area (Å²) in [5, 5.41) is 6.86. The van der Waals surface area contributed by atoms with Gasteiger partial charge in [-0.3, -0.25) is 4.79 Å². The molecule has 2 rings (SSSR count). The second kappa shape index (κ2) is 8.53.